The van der Waals surface area contributed by atoms with Gasteiger partial charge in [0, 0.05) is 26.1 Å². The van der Waals surface area contributed by atoms with E-state index in [1.54, 1.807) is 15.8 Å². The number of carbonyl (C=O) groups is 2. The zero-order chi connectivity index (χ0) is 20.6. The Bertz CT molecular complexity index is 922. The summed E-state index contributed by atoms with van der Waals surface area (Å²) in [6.45, 7) is 1.74. The number of rotatable bonds is 4. The molecule has 0 spiro atoms. The third-order valence-electron chi connectivity index (χ3n) is 5.08. The lowest BCUT2D eigenvalue weighted by atomic mass is 10.1. The number of carbonyl (C=O) groups excluding carboxylic acids is 2. The molecule has 3 amide bonds. The molecule has 0 saturated carbocycles. The van der Waals surface area contributed by atoms with Gasteiger partial charge in [0.05, 0.1) is 30.0 Å². The average molecular weight is 408 g/mol. The number of hydrogen-bond acceptors (Lipinski definition) is 4. The van der Waals surface area contributed by atoms with Crippen LogP contribution in [0.25, 0.3) is 0 Å². The summed E-state index contributed by atoms with van der Waals surface area (Å²) in [5, 5.41) is 10.4. The van der Waals surface area contributed by atoms with E-state index in [2.05, 4.69) is 15.6 Å². The molecule has 11 heteroatoms. The van der Waals surface area contributed by atoms with E-state index in [-0.39, 0.29) is 17.6 Å². The zero-order valence-corrected chi connectivity index (χ0v) is 15.4. The molecule has 2 saturated heterocycles. The quantitative estimate of drug-likeness (QED) is 0.843. The van der Waals surface area contributed by atoms with Crippen LogP contribution in [-0.4, -0.2) is 56.4 Å². The Hall–Kier alpha value is -3.11. The summed E-state index contributed by atoms with van der Waals surface area (Å²) in [6, 6.07) is 4.16. The summed E-state index contributed by atoms with van der Waals surface area (Å²) in [7, 11) is 0. The first-order valence-electron chi connectivity index (χ1n) is 9.22. The summed E-state index contributed by atoms with van der Waals surface area (Å²) in [6.07, 6.45) is -1.41. The number of para-hydroxylation sites is 1. The topological polar surface area (TPSA) is 83.4 Å². The summed E-state index contributed by atoms with van der Waals surface area (Å²) in [5.74, 6) is 0.102. The molecule has 0 radical (unpaired) electrons. The van der Waals surface area contributed by atoms with Crippen molar-refractivity contribution in [3.05, 3.63) is 41.7 Å². The highest BCUT2D eigenvalue weighted by atomic mass is 19.4. The van der Waals surface area contributed by atoms with Crippen LogP contribution in [0, 0.1) is 0 Å². The SMILES string of the molecule is O=C1CCCN1Cc1cn(C2CN(C(=O)Nc3ccccc3C(F)(F)F)C2)nn1. The zero-order valence-electron chi connectivity index (χ0n) is 15.4. The maximum atomic E-state index is 13.0. The Morgan fingerprint density at radius 1 is 1.24 bits per heavy atom. The van der Waals surface area contributed by atoms with Gasteiger partial charge in [0.25, 0.3) is 0 Å². The van der Waals surface area contributed by atoms with Crippen LogP contribution in [0.5, 0.6) is 0 Å². The lowest BCUT2D eigenvalue weighted by Gasteiger charge is -2.38. The van der Waals surface area contributed by atoms with Crippen molar-refractivity contribution in [3.63, 3.8) is 0 Å². The summed E-state index contributed by atoms with van der Waals surface area (Å²) < 4.78 is 40.8. The van der Waals surface area contributed by atoms with Gasteiger partial charge >= 0.3 is 12.2 Å². The van der Waals surface area contributed by atoms with Gasteiger partial charge < -0.3 is 15.1 Å². The van der Waals surface area contributed by atoms with Crippen molar-refractivity contribution in [2.75, 3.05) is 25.0 Å². The Kier molecular flexibility index (Phi) is 4.89. The fraction of sp³-hybridized carbons (Fsp3) is 0.444. The van der Waals surface area contributed by atoms with Crippen molar-refractivity contribution >= 4 is 17.6 Å². The third-order valence-corrected chi connectivity index (χ3v) is 5.08. The van der Waals surface area contributed by atoms with E-state index >= 15 is 0 Å². The van der Waals surface area contributed by atoms with Crippen LogP contribution in [0.15, 0.2) is 30.5 Å². The second kappa shape index (κ2) is 7.37. The van der Waals surface area contributed by atoms with E-state index in [1.165, 1.54) is 23.1 Å². The summed E-state index contributed by atoms with van der Waals surface area (Å²) in [4.78, 5) is 27.1. The fourth-order valence-corrected chi connectivity index (χ4v) is 3.45. The second-order valence-electron chi connectivity index (χ2n) is 7.14. The van der Waals surface area contributed by atoms with Crippen molar-refractivity contribution in [1.29, 1.82) is 0 Å². The number of halogens is 3. The second-order valence-corrected chi connectivity index (χ2v) is 7.14. The first-order chi connectivity index (χ1) is 13.8. The number of nitrogens with one attached hydrogen (secondary N) is 1. The highest BCUT2D eigenvalue weighted by Gasteiger charge is 2.36. The molecule has 1 aromatic heterocycles. The first kappa shape index (κ1) is 19.2. The van der Waals surface area contributed by atoms with Gasteiger partial charge in [-0.25, -0.2) is 9.48 Å². The minimum absolute atomic E-state index is 0.102. The normalized spacial score (nSPS) is 17.6. The van der Waals surface area contributed by atoms with Gasteiger partial charge in [0.1, 0.15) is 5.69 Å². The molecule has 2 fully saturated rings. The Morgan fingerprint density at radius 2 is 2.00 bits per heavy atom. The Morgan fingerprint density at radius 3 is 2.69 bits per heavy atom. The van der Waals surface area contributed by atoms with Crippen LogP contribution in [0.3, 0.4) is 0 Å². The van der Waals surface area contributed by atoms with Crippen molar-refractivity contribution in [2.45, 2.75) is 31.6 Å². The number of urea groups is 1. The number of amides is 3. The van der Waals surface area contributed by atoms with Gasteiger partial charge in [-0.05, 0) is 18.6 Å². The number of aromatic nitrogens is 3. The van der Waals surface area contributed by atoms with Crippen LogP contribution in [0.4, 0.5) is 23.7 Å². The number of anilines is 1. The molecule has 8 nitrogen and oxygen atoms in total. The Balaban J connectivity index is 1.32. The molecule has 0 bridgehead atoms. The molecule has 4 rings (SSSR count). The maximum Gasteiger partial charge on any atom is 0.418 e. The highest BCUT2D eigenvalue weighted by Crippen LogP contribution is 2.35. The van der Waals surface area contributed by atoms with E-state index in [1.807, 2.05) is 0 Å². The van der Waals surface area contributed by atoms with Crippen molar-refractivity contribution in [3.8, 4) is 0 Å². The lowest BCUT2D eigenvalue weighted by Crippen LogP contribution is -2.52. The van der Waals surface area contributed by atoms with E-state index in [0.29, 0.717) is 38.3 Å². The van der Waals surface area contributed by atoms with Crippen LogP contribution in [0.2, 0.25) is 0 Å². The third kappa shape index (κ3) is 4.03. The molecule has 1 N–H and O–H groups in total. The molecule has 154 valence electrons. The molecule has 2 aliphatic heterocycles. The van der Waals surface area contributed by atoms with Crippen LogP contribution in [-0.2, 0) is 17.5 Å². The van der Waals surface area contributed by atoms with Gasteiger partial charge in [-0.1, -0.05) is 17.3 Å². The van der Waals surface area contributed by atoms with E-state index in [0.717, 1.165) is 12.5 Å². The fourth-order valence-electron chi connectivity index (χ4n) is 3.45. The van der Waals surface area contributed by atoms with Gasteiger partial charge in [0.2, 0.25) is 5.91 Å². The number of nitrogens with zero attached hydrogens (tertiary/aromatic N) is 5. The predicted molar refractivity (Wildman–Crippen MR) is 95.7 cm³/mol. The molecule has 1 aromatic carbocycles. The number of likely N-dealkylation sites (tertiary alicyclic amines) is 2. The average Bonchev–Trinajstić information content (AvgIpc) is 3.23. The minimum atomic E-state index is -4.55. The van der Waals surface area contributed by atoms with E-state index < -0.39 is 17.8 Å². The molecular weight excluding hydrogens is 389 g/mol. The minimum Gasteiger partial charge on any atom is -0.337 e. The molecule has 0 atom stereocenters. The van der Waals surface area contributed by atoms with Crippen molar-refractivity contribution < 1.29 is 22.8 Å². The largest absolute Gasteiger partial charge is 0.418 e. The van der Waals surface area contributed by atoms with E-state index in [4.69, 9.17) is 0 Å². The first-order valence-corrected chi connectivity index (χ1v) is 9.22. The molecule has 2 aromatic rings. The van der Waals surface area contributed by atoms with Crippen molar-refractivity contribution in [2.24, 2.45) is 0 Å². The standard InChI is InChI=1S/C18H19F3N6O2/c19-18(20,21)14-4-1-2-5-15(14)22-17(29)26-10-13(11-26)27-9-12(23-24-27)8-25-7-3-6-16(25)28/h1-2,4-5,9,13H,3,6-8,10-11H2,(H,22,29). The molecule has 2 aliphatic rings. The number of benzene rings is 1. The lowest BCUT2D eigenvalue weighted by molar-refractivity contribution is -0.137. The van der Waals surface area contributed by atoms with Gasteiger partial charge in [-0.3, -0.25) is 4.79 Å². The summed E-state index contributed by atoms with van der Waals surface area (Å²) >= 11 is 0. The van der Waals surface area contributed by atoms with Gasteiger partial charge in [-0.2, -0.15) is 13.2 Å². The predicted octanol–water partition coefficient (Wildman–Crippen LogP) is 2.51. The van der Waals surface area contributed by atoms with Crippen LogP contribution < -0.4 is 5.32 Å². The van der Waals surface area contributed by atoms with Crippen LogP contribution in [0.1, 0.15) is 30.1 Å². The maximum absolute atomic E-state index is 13.0. The highest BCUT2D eigenvalue weighted by molar-refractivity contribution is 5.90. The molecule has 0 aliphatic carbocycles. The molecule has 29 heavy (non-hydrogen) atoms. The molecule has 3 heterocycles. The molecular formula is C18H19F3N6O2. The molecule has 0 unspecified atom stereocenters. The summed E-state index contributed by atoms with van der Waals surface area (Å²) in [5.41, 5.74) is -0.489. The smallest absolute Gasteiger partial charge is 0.337 e. The van der Waals surface area contributed by atoms with Crippen LogP contribution >= 0.6 is 0 Å². The van der Waals surface area contributed by atoms with E-state index in [9.17, 15) is 22.8 Å². The van der Waals surface area contributed by atoms with Crippen molar-refractivity contribution in [1.82, 2.24) is 24.8 Å². The van der Waals surface area contributed by atoms with Gasteiger partial charge in [0.15, 0.2) is 0 Å². The Labute approximate surface area is 164 Å². The van der Waals surface area contributed by atoms with Gasteiger partial charge in [-0.15, -0.1) is 5.10 Å². The monoisotopic (exact) mass is 408 g/mol. The number of alkyl halides is 3. The number of hydrogen-bond donors (Lipinski definition) is 1.